The highest BCUT2D eigenvalue weighted by Crippen LogP contribution is 2.06. The monoisotopic (exact) mass is 231 g/mol. The first-order valence-corrected chi connectivity index (χ1v) is 6.32. The zero-order valence-electron chi connectivity index (χ0n) is 11.8. The molecule has 1 atom stereocenters. The number of rotatable bonds is 8. The van der Waals surface area contributed by atoms with Crippen LogP contribution < -0.4 is 5.32 Å². The molecule has 98 valence electrons. The van der Waals surface area contributed by atoms with Crippen molar-refractivity contribution in [2.24, 2.45) is 5.92 Å². The van der Waals surface area contributed by atoms with Gasteiger partial charge >= 0.3 is 0 Å². The maximum absolute atomic E-state index is 5.62. The molecule has 0 saturated heterocycles. The molecule has 0 aromatic rings. The Morgan fingerprint density at radius 3 is 2.19 bits per heavy atom. The Bertz CT molecular complexity index is 164. The van der Waals surface area contributed by atoms with Crippen molar-refractivity contribution in [2.75, 3.05) is 26.4 Å². The quantitative estimate of drug-likeness (QED) is 0.651. The van der Waals surface area contributed by atoms with Crippen LogP contribution in [0.1, 0.15) is 41.5 Å². The number of likely N-dealkylation sites (N-methyl/N-ethyl adjacent to an activating group) is 1. The Balaban J connectivity index is 3.55. The molecule has 0 rings (SSSR count). The van der Waals surface area contributed by atoms with Crippen molar-refractivity contribution in [3.63, 3.8) is 0 Å². The smallest absolute Gasteiger partial charge is 0.0707 e. The highest BCUT2D eigenvalue weighted by molar-refractivity contribution is 4.68. The van der Waals surface area contributed by atoms with E-state index in [4.69, 9.17) is 9.47 Å². The van der Waals surface area contributed by atoms with Crippen molar-refractivity contribution in [3.8, 4) is 0 Å². The average molecular weight is 231 g/mol. The Morgan fingerprint density at radius 2 is 1.75 bits per heavy atom. The molecule has 0 saturated carbocycles. The number of nitrogens with one attached hydrogen (secondary N) is 1. The molecular formula is C13H29NO2. The normalized spacial score (nSPS) is 14.4. The van der Waals surface area contributed by atoms with E-state index >= 15 is 0 Å². The predicted molar refractivity (Wildman–Crippen MR) is 68.8 cm³/mol. The van der Waals surface area contributed by atoms with Crippen LogP contribution in [0.15, 0.2) is 0 Å². The SMILES string of the molecule is CCNC(COCCOC(C)(C)C)C(C)C. The summed E-state index contributed by atoms with van der Waals surface area (Å²) in [6, 6.07) is 0.444. The summed E-state index contributed by atoms with van der Waals surface area (Å²) < 4.78 is 11.2. The molecule has 0 radical (unpaired) electrons. The second-order valence-electron chi connectivity index (χ2n) is 5.44. The molecule has 0 aliphatic carbocycles. The molecule has 0 aromatic carbocycles. The van der Waals surface area contributed by atoms with E-state index in [9.17, 15) is 0 Å². The molecule has 3 nitrogen and oxygen atoms in total. The van der Waals surface area contributed by atoms with Gasteiger partial charge in [0, 0.05) is 6.04 Å². The second-order valence-corrected chi connectivity index (χ2v) is 5.44. The first-order chi connectivity index (χ1) is 7.37. The Labute approximate surface area is 101 Å². The maximum atomic E-state index is 5.62. The molecule has 0 bridgehead atoms. The van der Waals surface area contributed by atoms with Gasteiger partial charge < -0.3 is 14.8 Å². The molecule has 1 N–H and O–H groups in total. The lowest BCUT2D eigenvalue weighted by Gasteiger charge is -2.23. The summed E-state index contributed by atoms with van der Waals surface area (Å²) in [5.41, 5.74) is -0.0670. The second kappa shape index (κ2) is 8.04. The van der Waals surface area contributed by atoms with Crippen molar-refractivity contribution in [2.45, 2.75) is 53.2 Å². The van der Waals surface area contributed by atoms with Crippen molar-refractivity contribution in [1.82, 2.24) is 5.32 Å². The van der Waals surface area contributed by atoms with Crippen LogP contribution in [-0.2, 0) is 9.47 Å². The van der Waals surface area contributed by atoms with Crippen molar-refractivity contribution >= 4 is 0 Å². The average Bonchev–Trinajstić information content (AvgIpc) is 2.13. The van der Waals surface area contributed by atoms with E-state index in [1.165, 1.54) is 0 Å². The minimum absolute atomic E-state index is 0.0670. The fraction of sp³-hybridized carbons (Fsp3) is 1.00. The van der Waals surface area contributed by atoms with E-state index in [-0.39, 0.29) is 5.60 Å². The van der Waals surface area contributed by atoms with Gasteiger partial charge in [0.1, 0.15) is 0 Å². The lowest BCUT2D eigenvalue weighted by molar-refractivity contribution is -0.0386. The van der Waals surface area contributed by atoms with Gasteiger partial charge in [0.15, 0.2) is 0 Å². The molecule has 3 heteroatoms. The fourth-order valence-corrected chi connectivity index (χ4v) is 1.37. The van der Waals surface area contributed by atoms with Crippen LogP contribution in [0.2, 0.25) is 0 Å². The standard InChI is InChI=1S/C13H29NO2/c1-7-14-12(11(2)3)10-15-8-9-16-13(4,5)6/h11-12,14H,7-10H2,1-6H3. The molecular weight excluding hydrogens is 202 g/mol. The molecule has 16 heavy (non-hydrogen) atoms. The Kier molecular flexibility index (Phi) is 7.98. The molecule has 0 aliphatic rings. The summed E-state index contributed by atoms with van der Waals surface area (Å²) in [6.45, 7) is 15.8. The van der Waals surface area contributed by atoms with E-state index in [2.05, 4.69) is 46.9 Å². The van der Waals surface area contributed by atoms with Crippen LogP contribution in [0, 0.1) is 5.92 Å². The predicted octanol–water partition coefficient (Wildman–Crippen LogP) is 2.45. The van der Waals surface area contributed by atoms with Gasteiger partial charge in [-0.05, 0) is 33.2 Å². The third-order valence-electron chi connectivity index (χ3n) is 2.33. The fourth-order valence-electron chi connectivity index (χ4n) is 1.37. The minimum atomic E-state index is -0.0670. The summed E-state index contributed by atoms with van der Waals surface area (Å²) in [5, 5.41) is 3.42. The highest BCUT2D eigenvalue weighted by Gasteiger charge is 2.12. The molecule has 0 aliphatic heterocycles. The van der Waals surface area contributed by atoms with Gasteiger partial charge in [-0.2, -0.15) is 0 Å². The van der Waals surface area contributed by atoms with Crippen molar-refractivity contribution < 1.29 is 9.47 Å². The molecule has 0 amide bonds. The molecule has 0 spiro atoms. The van der Waals surface area contributed by atoms with E-state index < -0.39 is 0 Å². The molecule has 1 unspecified atom stereocenters. The first kappa shape index (κ1) is 15.9. The Hall–Kier alpha value is -0.120. The van der Waals surface area contributed by atoms with E-state index in [1.807, 2.05) is 0 Å². The summed E-state index contributed by atoms with van der Waals surface area (Å²) in [5.74, 6) is 0.600. The topological polar surface area (TPSA) is 30.5 Å². The van der Waals surface area contributed by atoms with E-state index in [1.54, 1.807) is 0 Å². The number of ether oxygens (including phenoxy) is 2. The van der Waals surface area contributed by atoms with Crippen LogP contribution in [0.5, 0.6) is 0 Å². The van der Waals surface area contributed by atoms with Crippen LogP contribution in [0.25, 0.3) is 0 Å². The first-order valence-electron chi connectivity index (χ1n) is 6.32. The van der Waals surface area contributed by atoms with Gasteiger partial charge in [-0.15, -0.1) is 0 Å². The number of hydrogen-bond donors (Lipinski definition) is 1. The summed E-state index contributed by atoms with van der Waals surface area (Å²) in [6.07, 6.45) is 0. The zero-order valence-corrected chi connectivity index (χ0v) is 11.8. The highest BCUT2D eigenvalue weighted by atomic mass is 16.5. The third kappa shape index (κ3) is 9.13. The van der Waals surface area contributed by atoms with Gasteiger partial charge in [0.2, 0.25) is 0 Å². The lowest BCUT2D eigenvalue weighted by atomic mass is 10.1. The minimum Gasteiger partial charge on any atom is -0.377 e. The zero-order chi connectivity index (χ0) is 12.6. The summed E-state index contributed by atoms with van der Waals surface area (Å²) >= 11 is 0. The van der Waals surface area contributed by atoms with Gasteiger partial charge in [-0.3, -0.25) is 0 Å². The van der Waals surface area contributed by atoms with Gasteiger partial charge in [0.25, 0.3) is 0 Å². The van der Waals surface area contributed by atoms with Crippen molar-refractivity contribution in [1.29, 1.82) is 0 Å². The molecule has 0 aromatic heterocycles. The van der Waals surface area contributed by atoms with Gasteiger partial charge in [-0.1, -0.05) is 20.8 Å². The van der Waals surface area contributed by atoms with Gasteiger partial charge in [-0.25, -0.2) is 0 Å². The van der Waals surface area contributed by atoms with Gasteiger partial charge in [0.05, 0.1) is 25.4 Å². The van der Waals surface area contributed by atoms with E-state index in [0.717, 1.165) is 13.2 Å². The van der Waals surface area contributed by atoms with Crippen LogP contribution in [0.3, 0.4) is 0 Å². The third-order valence-corrected chi connectivity index (χ3v) is 2.33. The molecule has 0 fully saturated rings. The van der Waals surface area contributed by atoms with Crippen LogP contribution >= 0.6 is 0 Å². The van der Waals surface area contributed by atoms with E-state index in [0.29, 0.717) is 25.2 Å². The summed E-state index contributed by atoms with van der Waals surface area (Å²) in [7, 11) is 0. The van der Waals surface area contributed by atoms with Crippen LogP contribution in [-0.4, -0.2) is 38.0 Å². The Morgan fingerprint density at radius 1 is 1.12 bits per heavy atom. The van der Waals surface area contributed by atoms with Crippen molar-refractivity contribution in [3.05, 3.63) is 0 Å². The van der Waals surface area contributed by atoms with Crippen LogP contribution in [0.4, 0.5) is 0 Å². The largest absolute Gasteiger partial charge is 0.377 e. The lowest BCUT2D eigenvalue weighted by Crippen LogP contribution is -2.38. The summed E-state index contributed by atoms with van der Waals surface area (Å²) in [4.78, 5) is 0. The molecule has 0 heterocycles. The maximum Gasteiger partial charge on any atom is 0.0707 e. The number of hydrogen-bond acceptors (Lipinski definition) is 3.